The number of pyridine rings is 1. The smallest absolute Gasteiger partial charge is 0.335 e. The number of aryl methyl sites for hydroxylation is 1. The monoisotopic (exact) mass is 637 g/mol. The van der Waals surface area contributed by atoms with Crippen LogP contribution in [0.4, 0.5) is 4.39 Å². The average Bonchev–Trinajstić information content (AvgIpc) is 3.69. The summed E-state index contributed by atoms with van der Waals surface area (Å²) in [5.41, 5.74) is 4.38. The third-order valence-electron chi connectivity index (χ3n) is 7.76. The molecule has 3 aromatic heterocycles. The van der Waals surface area contributed by atoms with Gasteiger partial charge in [-0.3, -0.25) is 0 Å². The number of methoxy groups -OCH3 is 1. The number of aromatic nitrogens is 5. The minimum atomic E-state index is -0.999. The van der Waals surface area contributed by atoms with Gasteiger partial charge in [0.05, 0.1) is 48.7 Å². The lowest BCUT2D eigenvalue weighted by atomic mass is 9.87. The van der Waals surface area contributed by atoms with Crippen LogP contribution in [0.2, 0.25) is 5.02 Å². The molecule has 1 aliphatic rings. The van der Waals surface area contributed by atoms with Crippen molar-refractivity contribution in [1.29, 1.82) is 0 Å². The maximum Gasteiger partial charge on any atom is 0.335 e. The highest BCUT2D eigenvalue weighted by molar-refractivity contribution is 7.13. The van der Waals surface area contributed by atoms with Gasteiger partial charge in [0.15, 0.2) is 10.8 Å². The Morgan fingerprint density at radius 3 is 2.73 bits per heavy atom. The van der Waals surface area contributed by atoms with Crippen molar-refractivity contribution in [1.82, 2.24) is 24.7 Å². The lowest BCUT2D eigenvalue weighted by molar-refractivity contribution is 0.0697. The largest absolute Gasteiger partial charge is 0.478 e. The fourth-order valence-electron chi connectivity index (χ4n) is 5.43. The lowest BCUT2D eigenvalue weighted by Gasteiger charge is -2.28. The van der Waals surface area contributed by atoms with Crippen LogP contribution in [0.5, 0.6) is 11.1 Å². The van der Waals surface area contributed by atoms with E-state index in [9.17, 15) is 14.3 Å². The van der Waals surface area contributed by atoms with E-state index in [0.717, 1.165) is 28.0 Å². The third-order valence-corrected chi connectivity index (χ3v) is 8.97. The van der Waals surface area contributed by atoms with E-state index >= 15 is 0 Å². The first-order valence-electron chi connectivity index (χ1n) is 13.8. The van der Waals surface area contributed by atoms with Gasteiger partial charge in [-0.25, -0.2) is 19.2 Å². The van der Waals surface area contributed by atoms with Crippen molar-refractivity contribution >= 4 is 39.9 Å². The van der Waals surface area contributed by atoms with Crippen LogP contribution in [0.25, 0.3) is 22.3 Å². The summed E-state index contributed by atoms with van der Waals surface area (Å²) >= 11 is 8.06. The molecule has 1 N–H and O–H groups in total. The van der Waals surface area contributed by atoms with Crippen LogP contribution >= 0.6 is 22.9 Å². The van der Waals surface area contributed by atoms with Gasteiger partial charge in [-0.15, -0.1) is 5.10 Å². The Balaban J connectivity index is 1.33. The average molecular weight is 638 g/mol. The number of hydrogen-bond acceptors (Lipinski definition) is 9. The van der Waals surface area contributed by atoms with Gasteiger partial charge >= 0.3 is 5.97 Å². The quantitative estimate of drug-likeness (QED) is 0.192. The molecule has 1 atom stereocenters. The molecule has 228 valence electrons. The van der Waals surface area contributed by atoms with Crippen LogP contribution in [-0.4, -0.2) is 56.1 Å². The maximum absolute atomic E-state index is 14.6. The van der Waals surface area contributed by atoms with E-state index in [1.165, 1.54) is 24.5 Å². The Hall–Kier alpha value is -4.13. The van der Waals surface area contributed by atoms with Crippen molar-refractivity contribution in [2.24, 2.45) is 5.41 Å². The normalized spacial score (nSPS) is 16.0. The lowest BCUT2D eigenvalue weighted by Crippen LogP contribution is -2.27. The first-order valence-corrected chi connectivity index (χ1v) is 15.0. The Kier molecular flexibility index (Phi) is 7.99. The molecule has 44 heavy (non-hydrogen) atoms. The molecule has 6 rings (SSSR count). The third kappa shape index (κ3) is 5.72. The van der Waals surface area contributed by atoms with E-state index in [-0.39, 0.29) is 29.5 Å². The molecule has 10 nitrogen and oxygen atoms in total. The van der Waals surface area contributed by atoms with E-state index in [1.54, 1.807) is 24.3 Å². The van der Waals surface area contributed by atoms with Gasteiger partial charge < -0.3 is 23.9 Å². The summed E-state index contributed by atoms with van der Waals surface area (Å²) in [6.45, 7) is 7.25. The number of halogens is 2. The van der Waals surface area contributed by atoms with Crippen molar-refractivity contribution < 1.29 is 28.5 Å². The molecule has 1 aliphatic heterocycles. The number of benzene rings is 2. The summed E-state index contributed by atoms with van der Waals surface area (Å²) in [4.78, 5) is 21.1. The van der Waals surface area contributed by atoms with Crippen molar-refractivity contribution in [3.05, 3.63) is 80.8 Å². The zero-order valence-corrected chi connectivity index (χ0v) is 26.0. The number of imidazole rings is 1. The number of aromatic carboxylic acids is 1. The highest BCUT2D eigenvalue weighted by Gasteiger charge is 2.39. The summed E-state index contributed by atoms with van der Waals surface area (Å²) < 4.78 is 33.2. The van der Waals surface area contributed by atoms with E-state index in [2.05, 4.69) is 33.6 Å². The predicted octanol–water partition coefficient (Wildman–Crippen LogP) is 6.52. The highest BCUT2D eigenvalue weighted by Crippen LogP contribution is 2.41. The van der Waals surface area contributed by atoms with E-state index in [0.29, 0.717) is 46.1 Å². The van der Waals surface area contributed by atoms with Gasteiger partial charge in [-0.1, -0.05) is 48.0 Å². The SMILES string of the molecule is COc1nnc(COc2nc(-c3cc(Cl)c(Cc4nc5ccc(C(=O)O)cc5n4[C@@H]4COCC4(C)C)cc3C)ccc2F)s1. The fraction of sp³-hybridized carbons (Fsp3) is 0.323. The van der Waals surface area contributed by atoms with Crippen LogP contribution in [0.3, 0.4) is 0 Å². The summed E-state index contributed by atoms with van der Waals surface area (Å²) in [5, 5.41) is 18.9. The van der Waals surface area contributed by atoms with Gasteiger partial charge in [-0.2, -0.15) is 0 Å². The molecule has 2 aromatic carbocycles. The molecule has 0 spiro atoms. The molecule has 0 aliphatic carbocycles. The molecule has 0 amide bonds. The maximum atomic E-state index is 14.6. The molecule has 0 radical (unpaired) electrons. The van der Waals surface area contributed by atoms with Crippen LogP contribution in [0, 0.1) is 18.2 Å². The summed E-state index contributed by atoms with van der Waals surface area (Å²) in [5.74, 6) is -1.01. The number of rotatable bonds is 9. The Bertz CT molecular complexity index is 1890. The van der Waals surface area contributed by atoms with Gasteiger partial charge in [0, 0.05) is 22.4 Å². The number of hydrogen-bond donors (Lipinski definition) is 1. The molecule has 1 saturated heterocycles. The predicted molar refractivity (Wildman–Crippen MR) is 163 cm³/mol. The minimum absolute atomic E-state index is 0.00905. The van der Waals surface area contributed by atoms with Crippen LogP contribution in [0.15, 0.2) is 42.5 Å². The van der Waals surface area contributed by atoms with Gasteiger partial charge in [0.1, 0.15) is 12.4 Å². The molecular formula is C31H29ClFN5O5S. The van der Waals surface area contributed by atoms with Crippen LogP contribution < -0.4 is 9.47 Å². The van der Waals surface area contributed by atoms with Crippen molar-refractivity contribution in [2.75, 3.05) is 20.3 Å². The van der Waals surface area contributed by atoms with Crippen LogP contribution in [-0.2, 0) is 17.8 Å². The first kappa shape index (κ1) is 29.9. The topological polar surface area (TPSA) is 121 Å². The standard InChI is InChI=1S/C31H29ClFN5O5S/c1-16-9-18(11-26-34-23-7-5-17(29(39)40)10-24(23)38(26)25-13-42-15-31(25,2)3)20(32)12-19(16)22-8-6-21(33)28(35-22)43-14-27-36-37-30(41-4)44-27/h5-10,12,25H,11,13-15H2,1-4H3,(H,39,40)/t25-/m1/s1. The fourth-order valence-corrected chi connectivity index (χ4v) is 6.23. The Labute approximate surface area is 261 Å². The molecule has 0 unspecified atom stereocenters. The second kappa shape index (κ2) is 11.8. The van der Waals surface area contributed by atoms with Crippen molar-refractivity contribution in [2.45, 2.75) is 39.8 Å². The number of carboxylic acid groups (broad SMARTS) is 1. The van der Waals surface area contributed by atoms with Crippen molar-refractivity contribution in [3.8, 4) is 22.3 Å². The van der Waals surface area contributed by atoms with Gasteiger partial charge in [0.25, 0.3) is 11.1 Å². The van der Waals surface area contributed by atoms with Gasteiger partial charge in [-0.05, 0) is 54.4 Å². The second-order valence-corrected chi connectivity index (χ2v) is 12.7. The number of carboxylic acids is 1. The molecular weight excluding hydrogens is 609 g/mol. The van der Waals surface area contributed by atoms with E-state index in [4.69, 9.17) is 30.8 Å². The molecule has 13 heteroatoms. The summed E-state index contributed by atoms with van der Waals surface area (Å²) in [6, 6.07) is 11.6. The zero-order valence-electron chi connectivity index (χ0n) is 24.4. The minimum Gasteiger partial charge on any atom is -0.478 e. The Morgan fingerprint density at radius 2 is 2.02 bits per heavy atom. The Morgan fingerprint density at radius 1 is 1.20 bits per heavy atom. The molecule has 5 aromatic rings. The van der Waals surface area contributed by atoms with Crippen molar-refractivity contribution in [3.63, 3.8) is 0 Å². The highest BCUT2D eigenvalue weighted by atomic mass is 35.5. The second-order valence-electron chi connectivity index (χ2n) is 11.3. The van der Waals surface area contributed by atoms with E-state index in [1.807, 2.05) is 19.1 Å². The van der Waals surface area contributed by atoms with E-state index < -0.39 is 11.8 Å². The van der Waals surface area contributed by atoms with Gasteiger partial charge in [0.2, 0.25) is 0 Å². The number of carbonyl (C=O) groups is 1. The summed E-state index contributed by atoms with van der Waals surface area (Å²) in [6.07, 6.45) is 0.403. The van der Waals surface area contributed by atoms with Crippen LogP contribution in [0.1, 0.15) is 52.2 Å². The number of fused-ring (bicyclic) bond motifs is 1. The molecule has 4 heterocycles. The molecule has 0 saturated carbocycles. The number of nitrogens with zero attached hydrogens (tertiary/aromatic N) is 5. The first-order chi connectivity index (χ1) is 21.0. The molecule has 1 fully saturated rings. The zero-order chi connectivity index (χ0) is 31.2. The number of ether oxygens (including phenoxy) is 3. The molecule has 0 bridgehead atoms. The summed E-state index contributed by atoms with van der Waals surface area (Å²) in [7, 11) is 1.49.